The van der Waals surface area contributed by atoms with Gasteiger partial charge in [-0.3, -0.25) is 9.69 Å². The molecule has 0 atom stereocenters. The highest BCUT2D eigenvalue weighted by Crippen LogP contribution is 2.38. The van der Waals surface area contributed by atoms with Crippen LogP contribution in [-0.2, 0) is 11.3 Å². The summed E-state index contributed by atoms with van der Waals surface area (Å²) in [5.41, 5.74) is 5.22. The molecule has 1 aliphatic rings. The van der Waals surface area contributed by atoms with Gasteiger partial charge in [0.25, 0.3) is 5.91 Å². The Hall–Kier alpha value is -2.86. The molecule has 3 aromatic carbocycles. The second kappa shape index (κ2) is 8.58. The fourth-order valence-electron chi connectivity index (χ4n) is 4.05. The number of thioether (sulfide) groups is 1. The summed E-state index contributed by atoms with van der Waals surface area (Å²) in [5.74, 6) is -0.124. The van der Waals surface area contributed by atoms with Gasteiger partial charge in [0.2, 0.25) is 0 Å². The van der Waals surface area contributed by atoms with Crippen molar-refractivity contribution in [1.29, 1.82) is 0 Å². The van der Waals surface area contributed by atoms with Gasteiger partial charge in [-0.25, -0.2) is 0 Å². The lowest BCUT2D eigenvalue weighted by Gasteiger charge is -2.14. The van der Waals surface area contributed by atoms with E-state index in [2.05, 4.69) is 47.9 Å². The number of fused-ring (bicyclic) bond motifs is 1. The standard InChI is InChI=1S/C26H19ClN2OS2/c1-17-22(15-24-25(30)29(26(31)32-24)20-11-7-10-19(27)14-20)21-12-5-6-13-23(21)28(17)16-18-8-3-2-4-9-18/h2-15H,16H2,1H3/b24-15+. The van der Waals surface area contributed by atoms with E-state index < -0.39 is 0 Å². The molecule has 1 aromatic heterocycles. The van der Waals surface area contributed by atoms with Crippen molar-refractivity contribution in [3.63, 3.8) is 0 Å². The maximum atomic E-state index is 13.3. The van der Waals surface area contributed by atoms with Crippen LogP contribution in [-0.4, -0.2) is 14.8 Å². The van der Waals surface area contributed by atoms with E-state index in [0.717, 1.165) is 28.7 Å². The number of halogens is 1. The molecule has 1 aliphatic heterocycles. The Bertz CT molecular complexity index is 1390. The highest BCUT2D eigenvalue weighted by Gasteiger charge is 2.33. The third-order valence-electron chi connectivity index (χ3n) is 5.60. The molecule has 5 rings (SSSR count). The fourth-order valence-corrected chi connectivity index (χ4v) is 5.51. The third-order valence-corrected chi connectivity index (χ3v) is 7.14. The fraction of sp³-hybridized carbons (Fsp3) is 0.0769. The summed E-state index contributed by atoms with van der Waals surface area (Å²) in [6.45, 7) is 2.87. The zero-order valence-corrected chi connectivity index (χ0v) is 19.7. The Morgan fingerprint density at radius 1 is 1.00 bits per heavy atom. The van der Waals surface area contributed by atoms with Crippen LogP contribution in [0.25, 0.3) is 17.0 Å². The summed E-state index contributed by atoms with van der Waals surface area (Å²) in [7, 11) is 0. The average molecular weight is 475 g/mol. The van der Waals surface area contributed by atoms with Gasteiger partial charge in [0.15, 0.2) is 4.32 Å². The van der Waals surface area contributed by atoms with Gasteiger partial charge in [-0.15, -0.1) is 0 Å². The number of carbonyl (C=O) groups excluding carboxylic acids is 1. The predicted octanol–water partition coefficient (Wildman–Crippen LogP) is 7.06. The van der Waals surface area contributed by atoms with Crippen LogP contribution in [0.4, 0.5) is 5.69 Å². The molecule has 0 saturated carbocycles. The zero-order valence-electron chi connectivity index (χ0n) is 17.3. The van der Waals surface area contributed by atoms with E-state index in [1.165, 1.54) is 17.3 Å². The van der Waals surface area contributed by atoms with Crippen molar-refractivity contribution >= 4 is 68.5 Å². The molecule has 1 fully saturated rings. The summed E-state index contributed by atoms with van der Waals surface area (Å²) in [6.07, 6.45) is 1.98. The monoisotopic (exact) mass is 474 g/mol. The molecule has 158 valence electrons. The highest BCUT2D eigenvalue weighted by atomic mass is 35.5. The van der Waals surface area contributed by atoms with E-state index in [1.807, 2.05) is 36.4 Å². The van der Waals surface area contributed by atoms with Gasteiger partial charge in [0.05, 0.1) is 10.6 Å². The molecule has 1 saturated heterocycles. The number of thiocarbonyl (C=S) groups is 1. The lowest BCUT2D eigenvalue weighted by Crippen LogP contribution is -2.27. The average Bonchev–Trinajstić information content (AvgIpc) is 3.22. The Labute approximate surface area is 201 Å². The van der Waals surface area contributed by atoms with E-state index in [9.17, 15) is 4.79 Å². The van der Waals surface area contributed by atoms with Crippen molar-refractivity contribution in [2.75, 3.05) is 4.90 Å². The van der Waals surface area contributed by atoms with Crippen molar-refractivity contribution in [1.82, 2.24) is 4.57 Å². The number of benzene rings is 3. The summed E-state index contributed by atoms with van der Waals surface area (Å²) in [6, 6.07) is 25.9. The van der Waals surface area contributed by atoms with Crippen LogP contribution < -0.4 is 4.90 Å². The molecule has 4 aromatic rings. The number of anilines is 1. The molecule has 3 nitrogen and oxygen atoms in total. The molecule has 0 N–H and O–H groups in total. The molecule has 2 heterocycles. The van der Waals surface area contributed by atoms with Crippen LogP contribution in [0.15, 0.2) is 83.8 Å². The first-order chi connectivity index (χ1) is 15.5. The number of amides is 1. The van der Waals surface area contributed by atoms with Gasteiger partial charge < -0.3 is 4.57 Å². The first kappa shape index (κ1) is 21.0. The predicted molar refractivity (Wildman–Crippen MR) is 139 cm³/mol. The van der Waals surface area contributed by atoms with Crippen LogP contribution in [0.1, 0.15) is 16.8 Å². The first-order valence-corrected chi connectivity index (χ1v) is 11.8. The number of hydrogen-bond acceptors (Lipinski definition) is 3. The first-order valence-electron chi connectivity index (χ1n) is 10.2. The minimum absolute atomic E-state index is 0.124. The van der Waals surface area contributed by atoms with Gasteiger partial charge in [-0.1, -0.05) is 90.2 Å². The van der Waals surface area contributed by atoms with Gasteiger partial charge in [-0.2, -0.15) is 0 Å². The van der Waals surface area contributed by atoms with Crippen LogP contribution in [0, 0.1) is 6.92 Å². The van der Waals surface area contributed by atoms with Crippen molar-refractivity contribution < 1.29 is 4.79 Å². The van der Waals surface area contributed by atoms with Crippen molar-refractivity contribution in [3.05, 3.63) is 106 Å². The van der Waals surface area contributed by atoms with E-state index in [1.54, 1.807) is 17.0 Å². The van der Waals surface area contributed by atoms with E-state index >= 15 is 0 Å². The minimum Gasteiger partial charge on any atom is -0.340 e. The number of carbonyl (C=O) groups is 1. The zero-order chi connectivity index (χ0) is 22.2. The topological polar surface area (TPSA) is 25.2 Å². The third kappa shape index (κ3) is 3.77. The number of rotatable bonds is 4. The molecular weight excluding hydrogens is 456 g/mol. The maximum Gasteiger partial charge on any atom is 0.270 e. The van der Waals surface area contributed by atoms with Crippen molar-refractivity contribution in [2.24, 2.45) is 0 Å². The Morgan fingerprint density at radius 3 is 2.53 bits per heavy atom. The van der Waals surface area contributed by atoms with Crippen molar-refractivity contribution in [2.45, 2.75) is 13.5 Å². The molecule has 0 aliphatic carbocycles. The lowest BCUT2D eigenvalue weighted by atomic mass is 10.1. The number of para-hydroxylation sites is 1. The lowest BCUT2D eigenvalue weighted by molar-refractivity contribution is -0.113. The molecule has 32 heavy (non-hydrogen) atoms. The quantitative estimate of drug-likeness (QED) is 0.234. The normalized spacial score (nSPS) is 15.3. The second-order valence-corrected chi connectivity index (χ2v) is 9.70. The maximum absolute atomic E-state index is 13.3. The van der Waals surface area contributed by atoms with Gasteiger partial charge in [0.1, 0.15) is 0 Å². The SMILES string of the molecule is Cc1c(/C=C2/SC(=S)N(c3cccc(Cl)c3)C2=O)c2ccccc2n1Cc1ccccc1. The van der Waals surface area contributed by atoms with Crippen LogP contribution in [0.5, 0.6) is 0 Å². The molecule has 0 radical (unpaired) electrons. The number of nitrogens with zero attached hydrogens (tertiary/aromatic N) is 2. The molecule has 0 unspecified atom stereocenters. The summed E-state index contributed by atoms with van der Waals surface area (Å²) < 4.78 is 2.81. The molecule has 6 heteroatoms. The molecular formula is C26H19ClN2OS2. The largest absolute Gasteiger partial charge is 0.340 e. The Balaban J connectivity index is 1.58. The molecule has 0 bridgehead atoms. The number of hydrogen-bond donors (Lipinski definition) is 0. The molecule has 1 amide bonds. The highest BCUT2D eigenvalue weighted by molar-refractivity contribution is 8.27. The minimum atomic E-state index is -0.124. The van der Waals surface area contributed by atoms with Gasteiger partial charge in [0, 0.05) is 33.7 Å². The second-order valence-electron chi connectivity index (χ2n) is 7.58. The molecule has 0 spiro atoms. The summed E-state index contributed by atoms with van der Waals surface area (Å²) >= 11 is 13.0. The van der Waals surface area contributed by atoms with Gasteiger partial charge >= 0.3 is 0 Å². The van der Waals surface area contributed by atoms with E-state index in [0.29, 0.717) is 19.9 Å². The summed E-state index contributed by atoms with van der Waals surface area (Å²) in [5, 5.41) is 1.69. The smallest absolute Gasteiger partial charge is 0.270 e. The summed E-state index contributed by atoms with van der Waals surface area (Å²) in [4.78, 5) is 15.4. The van der Waals surface area contributed by atoms with Crippen LogP contribution in [0.3, 0.4) is 0 Å². The number of aromatic nitrogens is 1. The van der Waals surface area contributed by atoms with Gasteiger partial charge in [-0.05, 0) is 42.8 Å². The van der Waals surface area contributed by atoms with Crippen molar-refractivity contribution in [3.8, 4) is 0 Å². The van der Waals surface area contributed by atoms with E-state index in [-0.39, 0.29) is 5.91 Å². The Kier molecular flexibility index (Phi) is 5.64. The van der Waals surface area contributed by atoms with Crippen LogP contribution >= 0.6 is 35.6 Å². The Morgan fingerprint density at radius 2 is 1.75 bits per heavy atom. The van der Waals surface area contributed by atoms with Crippen LogP contribution in [0.2, 0.25) is 5.02 Å². The van der Waals surface area contributed by atoms with E-state index in [4.69, 9.17) is 23.8 Å².